The molecule has 0 aliphatic carbocycles. The van der Waals surface area contributed by atoms with E-state index in [2.05, 4.69) is 49.9 Å². The normalized spacial score (nSPS) is 9.27. The van der Waals surface area contributed by atoms with Crippen LogP contribution in [0.25, 0.3) is 16.8 Å². The summed E-state index contributed by atoms with van der Waals surface area (Å²) in [4.78, 5) is 0. The number of fused-ring (bicyclic) bond motifs is 1. The zero-order valence-corrected chi connectivity index (χ0v) is 9.75. The summed E-state index contributed by atoms with van der Waals surface area (Å²) < 4.78 is 0. The van der Waals surface area contributed by atoms with Gasteiger partial charge < -0.3 is 0 Å². The third-order valence-corrected chi connectivity index (χ3v) is 2.26. The molecule has 0 nitrogen and oxygen atoms in total. The van der Waals surface area contributed by atoms with Crippen LogP contribution in [0.15, 0.2) is 43.0 Å². The molecule has 0 N–H and O–H groups in total. The molecule has 2 aromatic rings. The van der Waals surface area contributed by atoms with Gasteiger partial charge in [-0.2, -0.15) is 0 Å². The molecule has 0 fully saturated rings. The summed E-state index contributed by atoms with van der Waals surface area (Å²) in [7, 11) is 0. The van der Waals surface area contributed by atoms with E-state index in [4.69, 9.17) is 0 Å². The molecule has 0 atom stereocenters. The van der Waals surface area contributed by atoms with Crippen molar-refractivity contribution in [2.45, 2.75) is 20.8 Å². The molecule has 0 heteroatoms. The lowest BCUT2D eigenvalue weighted by molar-refractivity contribution is 1.50. The van der Waals surface area contributed by atoms with Gasteiger partial charge in [0.1, 0.15) is 0 Å². The Kier molecular flexibility index (Phi) is 4.11. The average Bonchev–Trinajstić information content (AvgIpc) is 2.31. The van der Waals surface area contributed by atoms with Gasteiger partial charge in [0.25, 0.3) is 0 Å². The quantitative estimate of drug-likeness (QED) is 0.616. The Labute approximate surface area is 92.3 Å². The first-order valence-electron chi connectivity index (χ1n) is 5.42. The van der Waals surface area contributed by atoms with Crippen LogP contribution in [0.3, 0.4) is 0 Å². The van der Waals surface area contributed by atoms with Crippen LogP contribution < -0.4 is 0 Å². The predicted molar refractivity (Wildman–Crippen MR) is 70.1 cm³/mol. The lowest BCUT2D eigenvalue weighted by Gasteiger charge is -2.00. The number of aryl methyl sites for hydroxylation is 1. The van der Waals surface area contributed by atoms with Gasteiger partial charge in [0.05, 0.1) is 0 Å². The molecule has 78 valence electrons. The molecule has 0 saturated heterocycles. The van der Waals surface area contributed by atoms with Gasteiger partial charge >= 0.3 is 0 Å². The van der Waals surface area contributed by atoms with Gasteiger partial charge in [0, 0.05) is 0 Å². The van der Waals surface area contributed by atoms with Gasteiger partial charge in [-0.25, -0.2) is 0 Å². The molecule has 0 aliphatic heterocycles. The highest BCUT2D eigenvalue weighted by atomic mass is 14.0. The number of benzene rings is 2. The molecule has 2 rings (SSSR count). The van der Waals surface area contributed by atoms with Crippen molar-refractivity contribution in [3.8, 4) is 0 Å². The van der Waals surface area contributed by atoms with Crippen molar-refractivity contribution in [3.05, 3.63) is 54.1 Å². The third kappa shape index (κ3) is 2.69. The van der Waals surface area contributed by atoms with E-state index >= 15 is 0 Å². The third-order valence-electron chi connectivity index (χ3n) is 2.26. The standard InChI is InChI=1S/C13H12.C2H6/c1-3-11-5-7-12-8-10(2)4-6-13(12)9-11;1-2/h3-9H,1H2,2H3;1-2H3. The molecule has 0 aliphatic rings. The summed E-state index contributed by atoms with van der Waals surface area (Å²) in [5.41, 5.74) is 2.48. The molecule has 0 radical (unpaired) electrons. The van der Waals surface area contributed by atoms with Crippen molar-refractivity contribution < 1.29 is 0 Å². The van der Waals surface area contributed by atoms with Crippen LogP contribution in [0.2, 0.25) is 0 Å². The Morgan fingerprint density at radius 2 is 1.53 bits per heavy atom. The molecule has 0 saturated carbocycles. The predicted octanol–water partition coefficient (Wildman–Crippen LogP) is 4.82. The number of hydrogen-bond donors (Lipinski definition) is 0. The average molecular weight is 198 g/mol. The monoisotopic (exact) mass is 198 g/mol. The van der Waals surface area contributed by atoms with Crippen LogP contribution in [0.4, 0.5) is 0 Å². The van der Waals surface area contributed by atoms with Crippen molar-refractivity contribution in [1.29, 1.82) is 0 Å². The van der Waals surface area contributed by atoms with Crippen LogP contribution in [0.5, 0.6) is 0 Å². The van der Waals surface area contributed by atoms with Gasteiger partial charge in [-0.05, 0) is 29.3 Å². The van der Waals surface area contributed by atoms with Gasteiger partial charge in [0.2, 0.25) is 0 Å². The summed E-state index contributed by atoms with van der Waals surface area (Å²) in [5, 5.41) is 2.58. The Morgan fingerprint density at radius 1 is 0.933 bits per heavy atom. The maximum Gasteiger partial charge on any atom is -0.0178 e. The first-order chi connectivity index (χ1) is 7.29. The summed E-state index contributed by atoms with van der Waals surface area (Å²) in [6.07, 6.45) is 1.87. The highest BCUT2D eigenvalue weighted by Gasteiger charge is 1.93. The summed E-state index contributed by atoms with van der Waals surface area (Å²) in [5.74, 6) is 0. The fourth-order valence-electron chi connectivity index (χ4n) is 1.51. The molecule has 0 heterocycles. The second kappa shape index (κ2) is 5.35. The van der Waals surface area contributed by atoms with E-state index in [9.17, 15) is 0 Å². The van der Waals surface area contributed by atoms with Crippen LogP contribution >= 0.6 is 0 Å². The fraction of sp³-hybridized carbons (Fsp3) is 0.200. The Hall–Kier alpha value is -1.56. The molecule has 0 unspecified atom stereocenters. The Balaban J connectivity index is 0.000000531. The van der Waals surface area contributed by atoms with E-state index in [1.54, 1.807) is 0 Å². The van der Waals surface area contributed by atoms with Crippen molar-refractivity contribution >= 4 is 16.8 Å². The molecule has 2 aromatic carbocycles. The van der Waals surface area contributed by atoms with Gasteiger partial charge in [-0.1, -0.05) is 62.4 Å². The van der Waals surface area contributed by atoms with Crippen molar-refractivity contribution in [2.75, 3.05) is 0 Å². The van der Waals surface area contributed by atoms with Crippen LogP contribution in [-0.4, -0.2) is 0 Å². The van der Waals surface area contributed by atoms with E-state index in [0.717, 1.165) is 0 Å². The first kappa shape index (κ1) is 11.5. The summed E-state index contributed by atoms with van der Waals surface area (Å²) in [6.45, 7) is 9.87. The maximum absolute atomic E-state index is 3.76. The molecule has 0 amide bonds. The van der Waals surface area contributed by atoms with E-state index in [0.29, 0.717) is 0 Å². The zero-order valence-electron chi connectivity index (χ0n) is 9.75. The van der Waals surface area contributed by atoms with Gasteiger partial charge in [-0.3, -0.25) is 0 Å². The molecular weight excluding hydrogens is 180 g/mol. The minimum atomic E-state index is 1.18. The maximum atomic E-state index is 3.76. The fourth-order valence-corrected chi connectivity index (χ4v) is 1.51. The lowest BCUT2D eigenvalue weighted by Crippen LogP contribution is -1.76. The van der Waals surface area contributed by atoms with Gasteiger partial charge in [0.15, 0.2) is 0 Å². The Morgan fingerprint density at radius 3 is 2.20 bits per heavy atom. The highest BCUT2D eigenvalue weighted by molar-refractivity contribution is 5.85. The summed E-state index contributed by atoms with van der Waals surface area (Å²) in [6, 6.07) is 12.9. The van der Waals surface area contributed by atoms with Crippen molar-refractivity contribution in [3.63, 3.8) is 0 Å². The molecular formula is C15H18. The number of rotatable bonds is 1. The van der Waals surface area contributed by atoms with Crippen molar-refractivity contribution in [1.82, 2.24) is 0 Å². The van der Waals surface area contributed by atoms with E-state index in [1.807, 2.05) is 19.9 Å². The zero-order chi connectivity index (χ0) is 11.3. The first-order valence-corrected chi connectivity index (χ1v) is 5.42. The second-order valence-corrected chi connectivity index (χ2v) is 3.31. The van der Waals surface area contributed by atoms with Gasteiger partial charge in [-0.15, -0.1) is 0 Å². The topological polar surface area (TPSA) is 0 Å². The van der Waals surface area contributed by atoms with E-state index < -0.39 is 0 Å². The highest BCUT2D eigenvalue weighted by Crippen LogP contribution is 2.17. The Bertz CT molecular complexity index is 453. The molecule has 0 bridgehead atoms. The minimum absolute atomic E-state index is 1.18. The molecule has 15 heavy (non-hydrogen) atoms. The second-order valence-electron chi connectivity index (χ2n) is 3.31. The van der Waals surface area contributed by atoms with Crippen LogP contribution in [0, 0.1) is 6.92 Å². The van der Waals surface area contributed by atoms with E-state index in [1.165, 1.54) is 21.9 Å². The SMILES string of the molecule is C=Cc1ccc2cc(C)ccc2c1.CC. The molecule has 0 aromatic heterocycles. The van der Waals surface area contributed by atoms with E-state index in [-0.39, 0.29) is 0 Å². The van der Waals surface area contributed by atoms with Crippen LogP contribution in [-0.2, 0) is 0 Å². The van der Waals surface area contributed by atoms with Crippen LogP contribution in [0.1, 0.15) is 25.0 Å². The number of hydrogen-bond acceptors (Lipinski definition) is 0. The molecule has 0 spiro atoms. The lowest BCUT2D eigenvalue weighted by atomic mass is 10.1. The van der Waals surface area contributed by atoms with Crippen molar-refractivity contribution in [2.24, 2.45) is 0 Å². The largest absolute Gasteiger partial charge is 0.0985 e. The minimum Gasteiger partial charge on any atom is -0.0985 e. The summed E-state index contributed by atoms with van der Waals surface area (Å²) >= 11 is 0. The smallest absolute Gasteiger partial charge is 0.0178 e.